The summed E-state index contributed by atoms with van der Waals surface area (Å²) in [6.07, 6.45) is 7.27. The third-order valence-electron chi connectivity index (χ3n) is 4.96. The van der Waals surface area contributed by atoms with Crippen LogP contribution >= 0.6 is 0 Å². The van der Waals surface area contributed by atoms with Crippen LogP contribution in [0.1, 0.15) is 59.8 Å². The van der Waals surface area contributed by atoms with Gasteiger partial charge in [0.05, 0.1) is 0 Å². The van der Waals surface area contributed by atoms with Gasteiger partial charge in [-0.2, -0.15) is 0 Å². The van der Waals surface area contributed by atoms with Gasteiger partial charge in [0, 0.05) is 18.1 Å². The Morgan fingerprint density at radius 2 is 1.50 bits per heavy atom. The zero-order valence-corrected chi connectivity index (χ0v) is 10.3. The average molecular weight is 195 g/mol. The average Bonchev–Trinajstić information content (AvgIpc) is 2.16. The maximum absolute atomic E-state index is 2.76. The maximum atomic E-state index is 2.76. The second-order valence-corrected chi connectivity index (χ2v) is 6.36. The van der Waals surface area contributed by atoms with Crippen LogP contribution in [-0.4, -0.2) is 23.0 Å². The first-order chi connectivity index (χ1) is 6.45. The van der Waals surface area contributed by atoms with Gasteiger partial charge < -0.3 is 0 Å². The Balaban J connectivity index is 2.00. The summed E-state index contributed by atoms with van der Waals surface area (Å²) in [4.78, 5) is 2.76. The van der Waals surface area contributed by atoms with Gasteiger partial charge in [-0.1, -0.05) is 33.1 Å². The molecule has 2 rings (SSSR count). The highest BCUT2D eigenvalue weighted by Crippen LogP contribution is 2.49. The lowest BCUT2D eigenvalue weighted by atomic mass is 9.64. The van der Waals surface area contributed by atoms with E-state index in [0.717, 1.165) is 6.04 Å². The predicted octanol–water partition coefficient (Wildman–Crippen LogP) is 3.44. The molecular weight excluding hydrogens is 170 g/mol. The van der Waals surface area contributed by atoms with Crippen molar-refractivity contribution in [3.8, 4) is 0 Å². The van der Waals surface area contributed by atoms with Crippen molar-refractivity contribution in [2.75, 3.05) is 6.54 Å². The van der Waals surface area contributed by atoms with E-state index in [1.54, 1.807) is 0 Å². The molecule has 2 fully saturated rings. The Bertz CT molecular complexity index is 211. The molecular formula is C13H25N. The Morgan fingerprint density at radius 3 is 1.93 bits per heavy atom. The molecule has 0 aromatic carbocycles. The molecule has 1 nitrogen and oxygen atoms in total. The topological polar surface area (TPSA) is 3.24 Å². The molecule has 0 aromatic heterocycles. The van der Waals surface area contributed by atoms with Crippen LogP contribution in [0.4, 0.5) is 0 Å². The van der Waals surface area contributed by atoms with Gasteiger partial charge in [0.2, 0.25) is 0 Å². The third-order valence-corrected chi connectivity index (χ3v) is 4.96. The lowest BCUT2D eigenvalue weighted by Crippen LogP contribution is -2.71. The number of hydrogen-bond donors (Lipinski definition) is 0. The number of nitrogens with zero attached hydrogens (tertiary/aromatic N) is 1. The summed E-state index contributed by atoms with van der Waals surface area (Å²) >= 11 is 0. The molecule has 0 N–H and O–H groups in total. The van der Waals surface area contributed by atoms with Crippen molar-refractivity contribution in [1.29, 1.82) is 0 Å². The molecule has 0 unspecified atom stereocenters. The maximum Gasteiger partial charge on any atom is 0.0219 e. The van der Waals surface area contributed by atoms with E-state index in [4.69, 9.17) is 0 Å². The van der Waals surface area contributed by atoms with Crippen LogP contribution in [0.3, 0.4) is 0 Å². The van der Waals surface area contributed by atoms with E-state index in [9.17, 15) is 0 Å². The van der Waals surface area contributed by atoms with Gasteiger partial charge in [0.25, 0.3) is 0 Å². The summed E-state index contributed by atoms with van der Waals surface area (Å²) in [5.41, 5.74) is 0.944. The van der Waals surface area contributed by atoms with Gasteiger partial charge in [-0.3, -0.25) is 4.90 Å². The van der Waals surface area contributed by atoms with Gasteiger partial charge in [0.1, 0.15) is 0 Å². The highest BCUT2D eigenvalue weighted by Gasteiger charge is 2.54. The molecule has 0 atom stereocenters. The molecule has 1 aliphatic heterocycles. The van der Waals surface area contributed by atoms with E-state index in [-0.39, 0.29) is 0 Å². The normalized spacial score (nSPS) is 32.6. The fraction of sp³-hybridized carbons (Fsp3) is 1.00. The first-order valence-corrected chi connectivity index (χ1v) is 6.22. The van der Waals surface area contributed by atoms with Crippen LogP contribution in [0.5, 0.6) is 0 Å². The van der Waals surface area contributed by atoms with Crippen molar-refractivity contribution in [2.45, 2.75) is 71.4 Å². The molecule has 1 saturated heterocycles. The van der Waals surface area contributed by atoms with Crippen molar-refractivity contribution in [3.05, 3.63) is 0 Å². The molecule has 0 bridgehead atoms. The van der Waals surface area contributed by atoms with Crippen LogP contribution in [0.15, 0.2) is 0 Å². The molecule has 1 heterocycles. The summed E-state index contributed by atoms with van der Waals surface area (Å²) in [6, 6.07) is 0.895. The smallest absolute Gasteiger partial charge is 0.0219 e. The van der Waals surface area contributed by atoms with E-state index in [1.165, 1.54) is 38.6 Å². The van der Waals surface area contributed by atoms with E-state index in [0.29, 0.717) is 11.0 Å². The van der Waals surface area contributed by atoms with Gasteiger partial charge in [-0.15, -0.1) is 0 Å². The number of rotatable bonds is 1. The van der Waals surface area contributed by atoms with Gasteiger partial charge in [-0.25, -0.2) is 0 Å². The van der Waals surface area contributed by atoms with E-state index >= 15 is 0 Å². The van der Waals surface area contributed by atoms with Crippen LogP contribution < -0.4 is 0 Å². The quantitative estimate of drug-likeness (QED) is 0.619. The summed E-state index contributed by atoms with van der Waals surface area (Å²) in [5, 5.41) is 0. The van der Waals surface area contributed by atoms with Gasteiger partial charge in [-0.05, 0) is 32.1 Å². The highest BCUT2D eigenvalue weighted by molar-refractivity contribution is 5.08. The summed E-state index contributed by atoms with van der Waals surface area (Å²) in [7, 11) is 0. The Labute approximate surface area is 88.9 Å². The molecule has 1 aliphatic carbocycles. The van der Waals surface area contributed by atoms with Crippen molar-refractivity contribution >= 4 is 0 Å². The molecule has 0 amide bonds. The molecule has 1 saturated carbocycles. The van der Waals surface area contributed by atoms with Crippen LogP contribution in [0.25, 0.3) is 0 Å². The fourth-order valence-electron chi connectivity index (χ4n) is 3.09. The largest absolute Gasteiger partial charge is 0.294 e. The molecule has 0 aromatic rings. The Morgan fingerprint density at radius 1 is 0.929 bits per heavy atom. The Hall–Kier alpha value is -0.0400. The minimum absolute atomic E-state index is 0.426. The first-order valence-electron chi connectivity index (χ1n) is 6.22. The number of likely N-dealkylation sites (tertiary alicyclic amines) is 1. The predicted molar refractivity (Wildman–Crippen MR) is 61.4 cm³/mol. The molecule has 1 heteroatoms. The van der Waals surface area contributed by atoms with Crippen molar-refractivity contribution in [1.82, 2.24) is 4.90 Å². The minimum Gasteiger partial charge on any atom is -0.294 e. The Kier molecular flexibility index (Phi) is 2.42. The molecule has 0 spiro atoms. The van der Waals surface area contributed by atoms with Gasteiger partial charge in [0.15, 0.2) is 0 Å². The third kappa shape index (κ3) is 1.41. The molecule has 14 heavy (non-hydrogen) atoms. The van der Waals surface area contributed by atoms with Crippen molar-refractivity contribution in [2.24, 2.45) is 5.41 Å². The minimum atomic E-state index is 0.426. The number of hydrogen-bond acceptors (Lipinski definition) is 1. The van der Waals surface area contributed by atoms with Crippen molar-refractivity contribution in [3.63, 3.8) is 0 Å². The second kappa shape index (κ2) is 3.23. The standard InChI is InChI=1S/C13H25N/c1-12(2)10-14(13(12,3)4)11-8-6-5-7-9-11/h11H,5-10H2,1-4H3. The fourth-order valence-corrected chi connectivity index (χ4v) is 3.09. The molecule has 0 radical (unpaired) electrons. The lowest BCUT2D eigenvalue weighted by molar-refractivity contribution is -0.147. The summed E-state index contributed by atoms with van der Waals surface area (Å²) in [6.45, 7) is 11.0. The lowest BCUT2D eigenvalue weighted by Gasteiger charge is -2.64. The second-order valence-electron chi connectivity index (χ2n) is 6.36. The summed E-state index contributed by atoms with van der Waals surface area (Å²) in [5.74, 6) is 0. The highest BCUT2D eigenvalue weighted by atomic mass is 15.3. The monoisotopic (exact) mass is 195 g/mol. The van der Waals surface area contributed by atoms with E-state index in [2.05, 4.69) is 32.6 Å². The summed E-state index contributed by atoms with van der Waals surface area (Å²) < 4.78 is 0. The zero-order valence-electron chi connectivity index (χ0n) is 10.3. The molecule has 2 aliphatic rings. The first kappa shape index (κ1) is 10.5. The van der Waals surface area contributed by atoms with Gasteiger partial charge >= 0.3 is 0 Å². The van der Waals surface area contributed by atoms with Crippen molar-refractivity contribution < 1.29 is 0 Å². The van der Waals surface area contributed by atoms with Crippen LogP contribution in [0.2, 0.25) is 0 Å². The van der Waals surface area contributed by atoms with Crippen LogP contribution in [-0.2, 0) is 0 Å². The van der Waals surface area contributed by atoms with E-state index < -0.39 is 0 Å². The zero-order chi connectivity index (χ0) is 10.4. The van der Waals surface area contributed by atoms with Crippen LogP contribution in [0, 0.1) is 5.41 Å². The van der Waals surface area contributed by atoms with E-state index in [1.807, 2.05) is 0 Å². The SMILES string of the molecule is CC1(C)CN(C2CCCCC2)C1(C)C. The molecule has 82 valence electrons.